The lowest BCUT2D eigenvalue weighted by atomic mass is 10.1. The highest BCUT2D eigenvalue weighted by molar-refractivity contribution is 7.98. The summed E-state index contributed by atoms with van der Waals surface area (Å²) in [5.74, 6) is -3.37. The van der Waals surface area contributed by atoms with E-state index in [1.807, 2.05) is 6.26 Å². The highest BCUT2D eigenvalue weighted by atomic mass is 32.2. The van der Waals surface area contributed by atoms with Crippen molar-refractivity contribution in [3.05, 3.63) is 18.2 Å². The predicted octanol–water partition coefficient (Wildman–Crippen LogP) is -2.53. The number of aromatic amines is 1. The highest BCUT2D eigenvalue weighted by Crippen LogP contribution is 2.05. The van der Waals surface area contributed by atoms with Crippen molar-refractivity contribution in [1.29, 1.82) is 0 Å². The zero-order valence-electron chi connectivity index (χ0n) is 17.6. The number of rotatable bonds is 15. The van der Waals surface area contributed by atoms with Crippen molar-refractivity contribution in [3.8, 4) is 0 Å². The molecule has 0 saturated carbocycles. The summed E-state index contributed by atoms with van der Waals surface area (Å²) in [5.41, 5.74) is 11.5. The molecule has 1 rings (SSSR count). The normalized spacial score (nSPS) is 13.4. The number of carbonyl (C=O) groups excluding carboxylic acids is 4. The number of amides is 4. The first kappa shape index (κ1) is 26.9. The number of carbonyl (C=O) groups is 5. The van der Waals surface area contributed by atoms with Gasteiger partial charge >= 0.3 is 5.97 Å². The minimum atomic E-state index is -1.28. The Bertz CT molecular complexity index is 789. The first-order valence-corrected chi connectivity index (χ1v) is 11.1. The molecular formula is C18H29N7O6S. The molecule has 0 fully saturated rings. The lowest BCUT2D eigenvalue weighted by Crippen LogP contribution is -2.56. The van der Waals surface area contributed by atoms with E-state index in [-0.39, 0.29) is 19.3 Å². The smallest absolute Gasteiger partial charge is 0.322 e. The van der Waals surface area contributed by atoms with E-state index in [1.165, 1.54) is 24.3 Å². The van der Waals surface area contributed by atoms with Gasteiger partial charge < -0.3 is 37.5 Å². The zero-order valence-corrected chi connectivity index (χ0v) is 18.4. The van der Waals surface area contributed by atoms with Crippen LogP contribution in [0.15, 0.2) is 12.5 Å². The number of thioether (sulfide) groups is 1. The van der Waals surface area contributed by atoms with Gasteiger partial charge in [0.15, 0.2) is 0 Å². The van der Waals surface area contributed by atoms with Crippen molar-refractivity contribution in [2.24, 2.45) is 11.5 Å². The molecule has 9 N–H and O–H groups in total. The summed E-state index contributed by atoms with van der Waals surface area (Å²) >= 11 is 1.53. The molecule has 0 aromatic carbocycles. The molecule has 32 heavy (non-hydrogen) atoms. The van der Waals surface area contributed by atoms with Crippen molar-refractivity contribution < 1.29 is 29.1 Å². The quantitative estimate of drug-likeness (QED) is 0.143. The van der Waals surface area contributed by atoms with Crippen LogP contribution in [0, 0.1) is 0 Å². The molecule has 0 spiro atoms. The van der Waals surface area contributed by atoms with E-state index < -0.39 is 54.3 Å². The fraction of sp³-hybridized carbons (Fsp3) is 0.556. The molecule has 0 bridgehead atoms. The van der Waals surface area contributed by atoms with Crippen LogP contribution in [0.5, 0.6) is 0 Å². The number of hydrogen-bond acceptors (Lipinski definition) is 8. The van der Waals surface area contributed by atoms with E-state index >= 15 is 0 Å². The molecule has 13 nitrogen and oxygen atoms in total. The van der Waals surface area contributed by atoms with E-state index in [9.17, 15) is 24.0 Å². The van der Waals surface area contributed by atoms with Gasteiger partial charge in [0.2, 0.25) is 23.6 Å². The SMILES string of the molecule is CSCCC(N)C(=O)NC(Cc1cnc[nH]1)C(=O)NC(CCC(N)=O)C(=O)NCC(=O)O. The maximum Gasteiger partial charge on any atom is 0.322 e. The molecule has 0 aliphatic heterocycles. The average molecular weight is 472 g/mol. The predicted molar refractivity (Wildman–Crippen MR) is 116 cm³/mol. The fourth-order valence-electron chi connectivity index (χ4n) is 2.59. The number of H-pyrrole nitrogens is 1. The van der Waals surface area contributed by atoms with E-state index in [4.69, 9.17) is 16.6 Å². The van der Waals surface area contributed by atoms with Gasteiger partial charge in [-0.25, -0.2) is 4.98 Å². The minimum absolute atomic E-state index is 0.0338. The van der Waals surface area contributed by atoms with Crippen molar-refractivity contribution in [2.75, 3.05) is 18.6 Å². The number of nitrogens with zero attached hydrogens (tertiary/aromatic N) is 1. The number of carboxylic acid groups (broad SMARTS) is 1. The van der Waals surface area contributed by atoms with Gasteiger partial charge in [0, 0.05) is 24.7 Å². The average Bonchev–Trinajstić information content (AvgIpc) is 3.25. The summed E-state index contributed by atoms with van der Waals surface area (Å²) in [5, 5.41) is 15.9. The van der Waals surface area contributed by atoms with Crippen molar-refractivity contribution in [3.63, 3.8) is 0 Å². The van der Waals surface area contributed by atoms with Gasteiger partial charge in [-0.2, -0.15) is 11.8 Å². The summed E-state index contributed by atoms with van der Waals surface area (Å²) in [6, 6.07) is -3.17. The van der Waals surface area contributed by atoms with E-state index in [1.54, 1.807) is 0 Å². The second kappa shape index (κ2) is 14.0. The third-order valence-electron chi connectivity index (χ3n) is 4.31. The maximum atomic E-state index is 12.9. The number of carboxylic acids is 1. The summed E-state index contributed by atoms with van der Waals surface area (Å²) < 4.78 is 0. The molecule has 0 radical (unpaired) electrons. The largest absolute Gasteiger partial charge is 0.480 e. The molecule has 1 heterocycles. The van der Waals surface area contributed by atoms with Gasteiger partial charge in [0.25, 0.3) is 0 Å². The van der Waals surface area contributed by atoms with Gasteiger partial charge in [-0.1, -0.05) is 0 Å². The van der Waals surface area contributed by atoms with E-state index in [0.717, 1.165) is 0 Å². The third kappa shape index (κ3) is 10.3. The van der Waals surface area contributed by atoms with Crippen LogP contribution in [0.3, 0.4) is 0 Å². The summed E-state index contributed by atoms with van der Waals surface area (Å²) in [4.78, 5) is 66.2. The summed E-state index contributed by atoms with van der Waals surface area (Å²) in [6.45, 7) is -0.666. The number of aromatic nitrogens is 2. The molecule has 0 aliphatic rings. The molecule has 4 amide bonds. The molecular weight excluding hydrogens is 442 g/mol. The fourth-order valence-corrected chi connectivity index (χ4v) is 3.08. The Morgan fingerprint density at radius 3 is 2.38 bits per heavy atom. The van der Waals surface area contributed by atoms with Gasteiger partial charge in [-0.3, -0.25) is 24.0 Å². The van der Waals surface area contributed by atoms with Crippen LogP contribution in [0.25, 0.3) is 0 Å². The molecule has 1 aromatic rings. The van der Waals surface area contributed by atoms with Crippen LogP contribution in [0.4, 0.5) is 0 Å². The van der Waals surface area contributed by atoms with Crippen LogP contribution in [-0.4, -0.2) is 81.4 Å². The van der Waals surface area contributed by atoms with E-state index in [2.05, 4.69) is 25.9 Å². The van der Waals surface area contributed by atoms with Crippen LogP contribution >= 0.6 is 11.8 Å². The molecule has 1 aromatic heterocycles. The minimum Gasteiger partial charge on any atom is -0.480 e. The number of aliphatic carboxylic acids is 1. The summed E-state index contributed by atoms with van der Waals surface area (Å²) in [6.07, 6.45) is 4.83. The lowest BCUT2D eigenvalue weighted by Gasteiger charge is -2.23. The van der Waals surface area contributed by atoms with Crippen LogP contribution in [0.2, 0.25) is 0 Å². The van der Waals surface area contributed by atoms with Crippen LogP contribution in [0.1, 0.15) is 25.0 Å². The molecule has 3 atom stereocenters. The maximum absolute atomic E-state index is 12.9. The number of hydrogen-bond donors (Lipinski definition) is 7. The second-order valence-corrected chi connectivity index (χ2v) is 7.89. The zero-order chi connectivity index (χ0) is 24.1. The standard InChI is InChI=1S/C18H29N7O6S/c1-32-5-4-11(19)16(29)25-13(6-10-7-21-9-23-10)18(31)24-12(2-3-14(20)26)17(30)22-8-15(27)28/h7,9,11-13H,2-6,8,19H2,1H3,(H2,20,26)(H,21,23)(H,22,30)(H,24,31)(H,25,29)(H,27,28). The lowest BCUT2D eigenvalue weighted by molar-refractivity contribution is -0.138. The molecule has 3 unspecified atom stereocenters. The third-order valence-corrected chi connectivity index (χ3v) is 4.95. The Morgan fingerprint density at radius 1 is 1.12 bits per heavy atom. The van der Waals surface area contributed by atoms with Gasteiger partial charge in [0.1, 0.15) is 18.6 Å². The Morgan fingerprint density at radius 2 is 1.81 bits per heavy atom. The summed E-state index contributed by atoms with van der Waals surface area (Å²) in [7, 11) is 0. The number of nitrogens with one attached hydrogen (secondary N) is 4. The van der Waals surface area contributed by atoms with Crippen molar-refractivity contribution in [1.82, 2.24) is 25.9 Å². The Hall–Kier alpha value is -3.13. The molecule has 178 valence electrons. The van der Waals surface area contributed by atoms with Crippen LogP contribution < -0.4 is 27.4 Å². The van der Waals surface area contributed by atoms with Crippen molar-refractivity contribution >= 4 is 41.4 Å². The topological polar surface area (TPSA) is 222 Å². The van der Waals surface area contributed by atoms with Gasteiger partial charge in [-0.15, -0.1) is 0 Å². The molecule has 0 aliphatic carbocycles. The Labute approximate surface area is 188 Å². The van der Waals surface area contributed by atoms with Crippen molar-refractivity contribution in [2.45, 2.75) is 43.8 Å². The number of primary amides is 1. The first-order chi connectivity index (χ1) is 15.1. The van der Waals surface area contributed by atoms with Gasteiger partial charge in [0.05, 0.1) is 12.4 Å². The number of nitrogens with two attached hydrogens (primary N) is 2. The monoisotopic (exact) mass is 471 g/mol. The van der Waals surface area contributed by atoms with Gasteiger partial charge in [-0.05, 0) is 24.9 Å². The number of imidazole rings is 1. The molecule has 0 saturated heterocycles. The first-order valence-electron chi connectivity index (χ1n) is 9.74. The van der Waals surface area contributed by atoms with Crippen LogP contribution in [-0.2, 0) is 30.4 Å². The Balaban J connectivity index is 2.94. The highest BCUT2D eigenvalue weighted by Gasteiger charge is 2.29. The van der Waals surface area contributed by atoms with E-state index in [0.29, 0.717) is 17.9 Å². The Kier molecular flexibility index (Phi) is 11.8. The molecule has 14 heteroatoms. The second-order valence-electron chi connectivity index (χ2n) is 6.91.